The van der Waals surface area contributed by atoms with Crippen molar-refractivity contribution in [3.8, 4) is 0 Å². The number of nitrogens with zero attached hydrogens (tertiary/aromatic N) is 1. The molecule has 1 atom stereocenters. The minimum Gasteiger partial charge on any atom is -0.383 e. The monoisotopic (exact) mass is 297 g/mol. The summed E-state index contributed by atoms with van der Waals surface area (Å²) in [7, 11) is 0. The standard InChI is InChI=1S/C11H8ClF4NO2/c12-6-3-5(11(14,15)16)4-7(13)9(6)17-2-1-8(18)10(17)19/h3-4,8,18H,1-2H2. The molecule has 1 heterocycles. The number of carbonyl (C=O) groups is 1. The third-order valence-electron chi connectivity index (χ3n) is 2.79. The Hall–Kier alpha value is -1.34. The molecule has 0 saturated carbocycles. The second-order valence-electron chi connectivity index (χ2n) is 4.08. The van der Waals surface area contributed by atoms with E-state index >= 15 is 0 Å². The fraction of sp³-hybridized carbons (Fsp3) is 0.364. The van der Waals surface area contributed by atoms with E-state index in [1.54, 1.807) is 0 Å². The van der Waals surface area contributed by atoms with Crippen molar-refractivity contribution in [1.29, 1.82) is 0 Å². The molecule has 8 heteroatoms. The smallest absolute Gasteiger partial charge is 0.383 e. The molecule has 2 rings (SSSR count). The molecule has 0 bridgehead atoms. The maximum absolute atomic E-state index is 13.7. The SMILES string of the molecule is O=C1C(O)CCN1c1c(F)cc(C(F)(F)F)cc1Cl. The molecule has 1 fully saturated rings. The molecule has 1 unspecified atom stereocenters. The Kier molecular flexibility index (Phi) is 3.44. The average Bonchev–Trinajstić information content (AvgIpc) is 2.59. The van der Waals surface area contributed by atoms with Gasteiger partial charge in [0.25, 0.3) is 5.91 Å². The Balaban J connectivity index is 2.46. The van der Waals surface area contributed by atoms with E-state index in [-0.39, 0.29) is 19.0 Å². The number of aliphatic hydroxyl groups is 1. The third kappa shape index (κ3) is 2.52. The number of alkyl halides is 3. The van der Waals surface area contributed by atoms with Crippen LogP contribution in [-0.2, 0) is 11.0 Å². The van der Waals surface area contributed by atoms with Gasteiger partial charge in [0.05, 0.1) is 16.3 Å². The second kappa shape index (κ2) is 4.64. The van der Waals surface area contributed by atoms with Gasteiger partial charge in [0.15, 0.2) is 0 Å². The molecule has 1 N–H and O–H groups in total. The highest BCUT2D eigenvalue weighted by atomic mass is 35.5. The van der Waals surface area contributed by atoms with Crippen LogP contribution in [0, 0.1) is 5.82 Å². The normalized spacial score (nSPS) is 20.2. The van der Waals surface area contributed by atoms with Crippen LogP contribution in [0.25, 0.3) is 0 Å². The van der Waals surface area contributed by atoms with E-state index in [2.05, 4.69) is 0 Å². The van der Waals surface area contributed by atoms with Crippen LogP contribution in [0.1, 0.15) is 12.0 Å². The fourth-order valence-electron chi connectivity index (χ4n) is 1.87. The van der Waals surface area contributed by atoms with E-state index in [1.807, 2.05) is 0 Å². The number of aliphatic hydroxyl groups excluding tert-OH is 1. The van der Waals surface area contributed by atoms with Gasteiger partial charge in [-0.2, -0.15) is 13.2 Å². The Bertz CT molecular complexity index is 509. The lowest BCUT2D eigenvalue weighted by atomic mass is 10.1. The zero-order chi connectivity index (χ0) is 14.4. The summed E-state index contributed by atoms with van der Waals surface area (Å²) >= 11 is 5.62. The number of rotatable bonds is 1. The van der Waals surface area contributed by atoms with Gasteiger partial charge in [-0.25, -0.2) is 4.39 Å². The van der Waals surface area contributed by atoms with Crippen molar-refractivity contribution in [2.24, 2.45) is 0 Å². The van der Waals surface area contributed by atoms with Gasteiger partial charge in [-0.3, -0.25) is 4.79 Å². The predicted octanol–water partition coefficient (Wildman–Crippen LogP) is 2.60. The van der Waals surface area contributed by atoms with Crippen LogP contribution in [0.2, 0.25) is 5.02 Å². The van der Waals surface area contributed by atoms with E-state index < -0.39 is 40.3 Å². The summed E-state index contributed by atoms with van der Waals surface area (Å²) in [6.45, 7) is 0.00199. The first-order valence-corrected chi connectivity index (χ1v) is 5.65. The van der Waals surface area contributed by atoms with Crippen molar-refractivity contribution in [3.63, 3.8) is 0 Å². The molecular weight excluding hydrogens is 290 g/mol. The van der Waals surface area contributed by atoms with Gasteiger partial charge >= 0.3 is 6.18 Å². The summed E-state index contributed by atoms with van der Waals surface area (Å²) in [5.74, 6) is -2.03. The van der Waals surface area contributed by atoms with Gasteiger partial charge in [0.1, 0.15) is 11.9 Å². The number of benzene rings is 1. The zero-order valence-corrected chi connectivity index (χ0v) is 10.1. The number of carbonyl (C=O) groups excluding carboxylic acids is 1. The van der Waals surface area contributed by atoms with E-state index in [4.69, 9.17) is 11.6 Å². The molecule has 19 heavy (non-hydrogen) atoms. The summed E-state index contributed by atoms with van der Waals surface area (Å²) in [5, 5.41) is 8.74. The third-order valence-corrected chi connectivity index (χ3v) is 3.08. The minimum absolute atomic E-state index is 0.00199. The molecular formula is C11H8ClF4NO2. The van der Waals surface area contributed by atoms with E-state index in [0.717, 1.165) is 4.90 Å². The predicted molar refractivity (Wildman–Crippen MR) is 59.4 cm³/mol. The minimum atomic E-state index is -4.72. The molecule has 1 amide bonds. The van der Waals surface area contributed by atoms with E-state index in [0.29, 0.717) is 6.07 Å². The first-order valence-electron chi connectivity index (χ1n) is 5.27. The largest absolute Gasteiger partial charge is 0.416 e. The van der Waals surface area contributed by atoms with Crippen molar-refractivity contribution >= 4 is 23.2 Å². The first-order chi connectivity index (χ1) is 8.71. The van der Waals surface area contributed by atoms with Crippen LogP contribution in [0.5, 0.6) is 0 Å². The van der Waals surface area contributed by atoms with Crippen molar-refractivity contribution < 1.29 is 27.5 Å². The van der Waals surface area contributed by atoms with Crippen LogP contribution in [-0.4, -0.2) is 23.7 Å². The summed E-state index contributed by atoms with van der Waals surface area (Å²) in [4.78, 5) is 12.4. The van der Waals surface area contributed by atoms with E-state index in [9.17, 15) is 27.5 Å². The lowest BCUT2D eigenvalue weighted by molar-refractivity contribution is -0.137. The Labute approximate surface area is 110 Å². The molecule has 3 nitrogen and oxygen atoms in total. The van der Waals surface area contributed by atoms with Crippen LogP contribution < -0.4 is 4.90 Å². The molecule has 1 aliphatic rings. The summed E-state index contributed by atoms with van der Waals surface area (Å²) in [6.07, 6.45) is -5.93. The number of amides is 1. The average molecular weight is 298 g/mol. The highest BCUT2D eigenvalue weighted by Crippen LogP contribution is 2.38. The van der Waals surface area contributed by atoms with Gasteiger partial charge in [-0.1, -0.05) is 11.6 Å². The lowest BCUT2D eigenvalue weighted by Crippen LogP contribution is -2.30. The van der Waals surface area contributed by atoms with Crippen molar-refractivity contribution in [2.75, 3.05) is 11.4 Å². The van der Waals surface area contributed by atoms with Crippen molar-refractivity contribution in [3.05, 3.63) is 28.5 Å². The quantitative estimate of drug-likeness (QED) is 0.810. The second-order valence-corrected chi connectivity index (χ2v) is 4.49. The van der Waals surface area contributed by atoms with Crippen LogP contribution in [0.15, 0.2) is 12.1 Å². The maximum atomic E-state index is 13.7. The molecule has 0 aromatic heterocycles. The number of hydrogen-bond donors (Lipinski definition) is 1. The van der Waals surface area contributed by atoms with Crippen LogP contribution in [0.4, 0.5) is 23.2 Å². The Morgan fingerprint density at radius 1 is 1.37 bits per heavy atom. The van der Waals surface area contributed by atoms with Gasteiger partial charge in [-0.05, 0) is 12.1 Å². The fourth-order valence-corrected chi connectivity index (χ4v) is 2.18. The summed E-state index contributed by atoms with van der Waals surface area (Å²) in [5.41, 5.74) is -1.66. The van der Waals surface area contributed by atoms with Crippen LogP contribution in [0.3, 0.4) is 0 Å². The maximum Gasteiger partial charge on any atom is 0.416 e. The van der Waals surface area contributed by atoms with Crippen molar-refractivity contribution in [1.82, 2.24) is 0 Å². The Morgan fingerprint density at radius 3 is 2.42 bits per heavy atom. The number of halogens is 5. The van der Waals surface area contributed by atoms with Gasteiger partial charge < -0.3 is 10.0 Å². The zero-order valence-electron chi connectivity index (χ0n) is 9.34. The molecule has 1 aromatic rings. The first kappa shape index (κ1) is 14.1. The van der Waals surface area contributed by atoms with Crippen LogP contribution >= 0.6 is 11.6 Å². The number of anilines is 1. The highest BCUT2D eigenvalue weighted by Gasteiger charge is 2.36. The highest BCUT2D eigenvalue weighted by molar-refractivity contribution is 6.34. The number of hydrogen-bond acceptors (Lipinski definition) is 2. The molecule has 0 spiro atoms. The molecule has 0 aliphatic carbocycles. The van der Waals surface area contributed by atoms with Gasteiger partial charge in [0, 0.05) is 13.0 Å². The molecule has 1 aromatic carbocycles. The lowest BCUT2D eigenvalue weighted by Gasteiger charge is -2.19. The molecule has 104 valence electrons. The summed E-state index contributed by atoms with van der Waals surface area (Å²) < 4.78 is 51.1. The molecule has 0 radical (unpaired) electrons. The summed E-state index contributed by atoms with van der Waals surface area (Å²) in [6, 6.07) is 0.831. The molecule has 1 aliphatic heterocycles. The van der Waals surface area contributed by atoms with E-state index in [1.165, 1.54) is 0 Å². The molecule has 1 saturated heterocycles. The van der Waals surface area contributed by atoms with Gasteiger partial charge in [-0.15, -0.1) is 0 Å². The van der Waals surface area contributed by atoms with Gasteiger partial charge in [0.2, 0.25) is 0 Å². The Morgan fingerprint density at radius 2 is 2.00 bits per heavy atom. The topological polar surface area (TPSA) is 40.5 Å². The van der Waals surface area contributed by atoms with Crippen molar-refractivity contribution in [2.45, 2.75) is 18.7 Å².